The number of pyridine rings is 1. The number of nitrogens with zero attached hydrogens (tertiary/aromatic N) is 1. The fourth-order valence-corrected chi connectivity index (χ4v) is 1.23. The van der Waals surface area contributed by atoms with Gasteiger partial charge in [-0.25, -0.2) is 0 Å². The molecule has 15 heavy (non-hydrogen) atoms. The van der Waals surface area contributed by atoms with Gasteiger partial charge in [-0.05, 0) is 25.5 Å². The molecule has 0 spiro atoms. The zero-order valence-electron chi connectivity index (χ0n) is 8.99. The lowest BCUT2D eigenvalue weighted by molar-refractivity contribution is 0.308. The predicted octanol–water partition coefficient (Wildman–Crippen LogP) is 1.64. The molecule has 0 aliphatic heterocycles. The minimum Gasteiger partial charge on any atom is -0.492 e. The Hall–Kier alpha value is -1.53. The molecular weight excluding hydrogens is 188 g/mol. The molecule has 0 aromatic carbocycles. The van der Waals surface area contributed by atoms with Crippen molar-refractivity contribution in [1.82, 2.24) is 4.98 Å². The molecule has 1 heterocycles. The van der Waals surface area contributed by atoms with Crippen LogP contribution in [-0.4, -0.2) is 11.6 Å². The van der Waals surface area contributed by atoms with Crippen LogP contribution in [0.15, 0.2) is 12.1 Å². The Balaban J connectivity index is 2.57. The largest absolute Gasteiger partial charge is 0.492 e. The molecule has 0 aliphatic rings. The zero-order chi connectivity index (χ0) is 11.1. The van der Waals surface area contributed by atoms with Crippen LogP contribution >= 0.6 is 0 Å². The topological polar surface area (TPSA) is 48.1 Å². The van der Waals surface area contributed by atoms with Crippen LogP contribution in [0.25, 0.3) is 0 Å². The first-order valence-corrected chi connectivity index (χ1v) is 5.00. The highest BCUT2D eigenvalue weighted by Crippen LogP contribution is 2.16. The van der Waals surface area contributed by atoms with Crippen molar-refractivity contribution in [2.75, 3.05) is 6.61 Å². The van der Waals surface area contributed by atoms with Gasteiger partial charge in [0.05, 0.1) is 12.3 Å². The van der Waals surface area contributed by atoms with E-state index in [0.717, 1.165) is 30.0 Å². The Morgan fingerprint density at radius 1 is 1.53 bits per heavy atom. The zero-order valence-corrected chi connectivity index (χ0v) is 8.99. The average molecular weight is 204 g/mol. The van der Waals surface area contributed by atoms with E-state index >= 15 is 0 Å². The van der Waals surface area contributed by atoms with E-state index in [1.807, 2.05) is 19.1 Å². The summed E-state index contributed by atoms with van der Waals surface area (Å²) >= 11 is 0. The summed E-state index contributed by atoms with van der Waals surface area (Å²) in [6, 6.07) is 3.82. The third-order valence-electron chi connectivity index (χ3n) is 1.99. The Morgan fingerprint density at radius 2 is 2.33 bits per heavy atom. The van der Waals surface area contributed by atoms with E-state index in [2.05, 4.69) is 10.9 Å². The maximum Gasteiger partial charge on any atom is 0.142 e. The lowest BCUT2D eigenvalue weighted by atomic mass is 10.3. The minimum atomic E-state index is 0.395. The van der Waals surface area contributed by atoms with Crippen LogP contribution in [0, 0.1) is 19.3 Å². The first-order valence-electron chi connectivity index (χ1n) is 5.00. The van der Waals surface area contributed by atoms with Crippen molar-refractivity contribution in [2.45, 2.75) is 26.3 Å². The van der Waals surface area contributed by atoms with Crippen molar-refractivity contribution < 1.29 is 4.74 Å². The summed E-state index contributed by atoms with van der Waals surface area (Å²) in [7, 11) is 0. The summed E-state index contributed by atoms with van der Waals surface area (Å²) in [5.41, 5.74) is 7.33. The Morgan fingerprint density at radius 3 is 3.00 bits per heavy atom. The van der Waals surface area contributed by atoms with Gasteiger partial charge in [-0.15, -0.1) is 12.3 Å². The minimum absolute atomic E-state index is 0.395. The monoisotopic (exact) mass is 204 g/mol. The molecule has 80 valence electrons. The molecular formula is C12H16N2O. The molecule has 0 bridgehead atoms. The average Bonchev–Trinajstić information content (AvgIpc) is 2.26. The Labute approximate surface area is 90.7 Å². The maximum atomic E-state index is 5.58. The highest BCUT2D eigenvalue weighted by atomic mass is 16.5. The molecule has 2 N–H and O–H groups in total. The first kappa shape index (κ1) is 11.5. The van der Waals surface area contributed by atoms with Crippen LogP contribution in [-0.2, 0) is 6.54 Å². The summed E-state index contributed by atoms with van der Waals surface area (Å²) in [6.07, 6.45) is 6.73. The van der Waals surface area contributed by atoms with Gasteiger partial charge in [-0.2, -0.15) is 0 Å². The summed E-state index contributed by atoms with van der Waals surface area (Å²) in [4.78, 5) is 4.30. The maximum absolute atomic E-state index is 5.58. The van der Waals surface area contributed by atoms with Gasteiger partial charge in [0.25, 0.3) is 0 Å². The molecule has 3 heteroatoms. The van der Waals surface area contributed by atoms with Crippen molar-refractivity contribution in [2.24, 2.45) is 5.73 Å². The fraction of sp³-hybridized carbons (Fsp3) is 0.417. The van der Waals surface area contributed by atoms with E-state index in [9.17, 15) is 0 Å². The molecule has 1 aromatic rings. The highest BCUT2D eigenvalue weighted by Gasteiger charge is 2.03. The van der Waals surface area contributed by atoms with Gasteiger partial charge < -0.3 is 10.5 Å². The second-order valence-electron chi connectivity index (χ2n) is 3.26. The number of unbranched alkanes of at least 4 members (excludes halogenated alkanes) is 1. The number of hydrogen-bond acceptors (Lipinski definition) is 3. The second kappa shape index (κ2) is 6.05. The molecule has 1 aromatic heterocycles. The van der Waals surface area contributed by atoms with E-state index in [-0.39, 0.29) is 0 Å². The lowest BCUT2D eigenvalue weighted by Crippen LogP contribution is -2.06. The van der Waals surface area contributed by atoms with Gasteiger partial charge in [-0.3, -0.25) is 4.98 Å². The summed E-state index contributed by atoms with van der Waals surface area (Å²) in [6.45, 7) is 2.94. The molecule has 0 unspecified atom stereocenters. The Bertz CT molecular complexity index is 355. The second-order valence-corrected chi connectivity index (χ2v) is 3.26. The van der Waals surface area contributed by atoms with Gasteiger partial charge in [-0.1, -0.05) is 0 Å². The first-order chi connectivity index (χ1) is 7.27. The molecule has 0 radical (unpaired) electrons. The van der Waals surface area contributed by atoms with Crippen LogP contribution in [0.5, 0.6) is 5.75 Å². The standard InChI is InChI=1S/C12H16N2O/c1-3-4-5-8-15-12-7-6-10(2)14-11(12)9-13/h1,6-7H,4-5,8-9,13H2,2H3. The number of aromatic nitrogens is 1. The van der Waals surface area contributed by atoms with Crippen LogP contribution in [0.4, 0.5) is 0 Å². The SMILES string of the molecule is C#CCCCOc1ccc(C)nc1CN. The third kappa shape index (κ3) is 3.61. The van der Waals surface area contributed by atoms with E-state index < -0.39 is 0 Å². The summed E-state index contributed by atoms with van der Waals surface area (Å²) in [5.74, 6) is 3.34. The van der Waals surface area contributed by atoms with E-state index in [1.54, 1.807) is 0 Å². The molecule has 0 saturated heterocycles. The van der Waals surface area contributed by atoms with Crippen molar-refractivity contribution in [3.63, 3.8) is 0 Å². The number of aryl methyl sites for hydroxylation is 1. The van der Waals surface area contributed by atoms with Crippen molar-refractivity contribution in [3.8, 4) is 18.1 Å². The van der Waals surface area contributed by atoms with Gasteiger partial charge in [0.15, 0.2) is 0 Å². The summed E-state index contributed by atoms with van der Waals surface area (Å²) < 4.78 is 5.55. The van der Waals surface area contributed by atoms with Crippen LogP contribution < -0.4 is 10.5 Å². The predicted molar refractivity (Wildman–Crippen MR) is 60.4 cm³/mol. The molecule has 3 nitrogen and oxygen atoms in total. The fourth-order valence-electron chi connectivity index (χ4n) is 1.23. The van der Waals surface area contributed by atoms with Crippen molar-refractivity contribution in [1.29, 1.82) is 0 Å². The molecule has 1 rings (SSSR count). The van der Waals surface area contributed by atoms with E-state index in [1.165, 1.54) is 0 Å². The summed E-state index contributed by atoms with van der Waals surface area (Å²) in [5, 5.41) is 0. The molecule has 0 fully saturated rings. The lowest BCUT2D eigenvalue weighted by Gasteiger charge is -2.09. The van der Waals surface area contributed by atoms with Crippen molar-refractivity contribution >= 4 is 0 Å². The Kier molecular flexibility index (Phi) is 4.65. The number of ether oxygens (including phenoxy) is 1. The van der Waals surface area contributed by atoms with Crippen LogP contribution in [0.2, 0.25) is 0 Å². The molecule has 0 saturated carbocycles. The number of hydrogen-bond donors (Lipinski definition) is 1. The van der Waals surface area contributed by atoms with Crippen LogP contribution in [0.3, 0.4) is 0 Å². The molecule has 0 aliphatic carbocycles. The number of nitrogens with two attached hydrogens (primary N) is 1. The van der Waals surface area contributed by atoms with Gasteiger partial charge >= 0.3 is 0 Å². The van der Waals surface area contributed by atoms with Gasteiger partial charge in [0.1, 0.15) is 5.75 Å². The molecule has 0 amide bonds. The smallest absolute Gasteiger partial charge is 0.142 e. The quantitative estimate of drug-likeness (QED) is 0.586. The van der Waals surface area contributed by atoms with E-state index in [4.69, 9.17) is 16.9 Å². The normalized spacial score (nSPS) is 9.67. The third-order valence-corrected chi connectivity index (χ3v) is 1.99. The van der Waals surface area contributed by atoms with Gasteiger partial charge in [0, 0.05) is 18.7 Å². The van der Waals surface area contributed by atoms with Crippen LogP contribution in [0.1, 0.15) is 24.2 Å². The number of rotatable bonds is 5. The van der Waals surface area contributed by atoms with E-state index in [0.29, 0.717) is 13.2 Å². The molecule has 0 atom stereocenters. The number of terminal acetylenes is 1. The van der Waals surface area contributed by atoms with Gasteiger partial charge in [0.2, 0.25) is 0 Å². The highest BCUT2D eigenvalue weighted by molar-refractivity contribution is 5.29. The van der Waals surface area contributed by atoms with Crippen molar-refractivity contribution in [3.05, 3.63) is 23.5 Å².